The lowest BCUT2D eigenvalue weighted by atomic mass is 9.73. The molecule has 152 valence electrons. The van der Waals surface area contributed by atoms with Gasteiger partial charge in [-0.25, -0.2) is 0 Å². The lowest BCUT2D eigenvalue weighted by Gasteiger charge is -2.43. The summed E-state index contributed by atoms with van der Waals surface area (Å²) < 4.78 is 0. The molecule has 26 heavy (non-hydrogen) atoms. The highest BCUT2D eigenvalue weighted by Gasteiger charge is 2.43. The first kappa shape index (κ1) is 20.5. The van der Waals surface area contributed by atoms with E-state index in [1.165, 1.54) is 12.8 Å². The summed E-state index contributed by atoms with van der Waals surface area (Å²) in [5.41, 5.74) is 0. The average Bonchev–Trinajstić information content (AvgIpc) is 3.11. The molecule has 0 saturated carbocycles. The minimum Gasteiger partial charge on any atom is -0.396 e. The number of hydrogen-bond donors (Lipinski definition) is 4. The van der Waals surface area contributed by atoms with Gasteiger partial charge in [-0.05, 0) is 68.2 Å². The lowest BCUT2D eigenvalue weighted by molar-refractivity contribution is 0.0154. The summed E-state index contributed by atoms with van der Waals surface area (Å²) in [7, 11) is 0. The summed E-state index contributed by atoms with van der Waals surface area (Å²) in [5, 5.41) is 27.7. The summed E-state index contributed by atoms with van der Waals surface area (Å²) in [6.07, 6.45) is 7.17. The Bertz CT molecular complexity index is 422. The third kappa shape index (κ3) is 4.79. The fraction of sp³-hybridized carbons (Fsp3) is 1.00. The molecule has 0 aromatic carbocycles. The van der Waals surface area contributed by atoms with Gasteiger partial charge >= 0.3 is 0 Å². The highest BCUT2D eigenvalue weighted by atomic mass is 16.3. The van der Waals surface area contributed by atoms with Crippen LogP contribution in [0.1, 0.15) is 52.4 Å². The van der Waals surface area contributed by atoms with Crippen LogP contribution in [0.2, 0.25) is 0 Å². The van der Waals surface area contributed by atoms with Gasteiger partial charge in [0.15, 0.2) is 0 Å². The number of fused-ring (bicyclic) bond motifs is 1. The molecule has 0 bridgehead atoms. The van der Waals surface area contributed by atoms with Crippen molar-refractivity contribution < 1.29 is 10.2 Å². The Balaban J connectivity index is 1.64. The maximum Gasteiger partial charge on any atom is 0.0604 e. The van der Waals surface area contributed by atoms with Crippen molar-refractivity contribution in [2.45, 2.75) is 64.6 Å². The molecule has 0 amide bonds. The highest BCUT2D eigenvalue weighted by Crippen LogP contribution is 2.39. The monoisotopic (exact) mass is 367 g/mol. The van der Waals surface area contributed by atoms with E-state index < -0.39 is 0 Å². The third-order valence-electron chi connectivity index (χ3n) is 7.25. The smallest absolute Gasteiger partial charge is 0.0604 e. The summed E-state index contributed by atoms with van der Waals surface area (Å²) in [4.78, 5) is 2.57. The second kappa shape index (κ2) is 9.83. The van der Waals surface area contributed by atoms with Crippen LogP contribution in [0.4, 0.5) is 0 Å². The molecule has 3 aliphatic rings. The van der Waals surface area contributed by atoms with Crippen LogP contribution in [0.25, 0.3) is 0 Å². The third-order valence-corrected chi connectivity index (χ3v) is 7.25. The van der Waals surface area contributed by atoms with Crippen molar-refractivity contribution in [3.63, 3.8) is 0 Å². The molecule has 0 spiro atoms. The van der Waals surface area contributed by atoms with Crippen molar-refractivity contribution in [1.82, 2.24) is 15.5 Å². The molecule has 3 aliphatic heterocycles. The van der Waals surface area contributed by atoms with E-state index in [-0.39, 0.29) is 6.10 Å². The second-order valence-corrected chi connectivity index (χ2v) is 9.10. The summed E-state index contributed by atoms with van der Waals surface area (Å²) >= 11 is 0. The molecule has 3 saturated heterocycles. The van der Waals surface area contributed by atoms with Crippen molar-refractivity contribution in [3.05, 3.63) is 0 Å². The largest absolute Gasteiger partial charge is 0.396 e. The zero-order valence-corrected chi connectivity index (χ0v) is 16.9. The van der Waals surface area contributed by atoms with Crippen LogP contribution in [0, 0.1) is 29.6 Å². The van der Waals surface area contributed by atoms with Gasteiger partial charge < -0.3 is 25.7 Å². The molecule has 0 aliphatic carbocycles. The molecule has 5 nitrogen and oxygen atoms in total. The van der Waals surface area contributed by atoms with Crippen LogP contribution in [-0.4, -0.2) is 66.7 Å². The van der Waals surface area contributed by atoms with Crippen LogP contribution in [0.15, 0.2) is 0 Å². The predicted molar refractivity (Wildman–Crippen MR) is 106 cm³/mol. The molecule has 0 aromatic heterocycles. The standard InChI is InChI=1S/C21H41N3O2/c1-3-6-16(20(26)4-2)12-24-11-15(14-25)9-17(13-24)19-10-23-21-18(19)7-5-8-22-21/h15-23,25-26H,3-14H2,1-2H3/t15-,16?,17?,18?,19?,20?,21?/m1/s1. The Morgan fingerprint density at radius 2 is 2.00 bits per heavy atom. The molecule has 5 heteroatoms. The van der Waals surface area contributed by atoms with Crippen LogP contribution >= 0.6 is 0 Å². The number of likely N-dealkylation sites (tertiary alicyclic amines) is 1. The van der Waals surface area contributed by atoms with Crippen molar-refractivity contribution in [3.8, 4) is 0 Å². The molecule has 0 radical (unpaired) electrons. The van der Waals surface area contributed by atoms with Crippen LogP contribution in [0.3, 0.4) is 0 Å². The zero-order valence-electron chi connectivity index (χ0n) is 16.9. The Morgan fingerprint density at radius 1 is 1.15 bits per heavy atom. The average molecular weight is 368 g/mol. The van der Waals surface area contributed by atoms with E-state index in [2.05, 4.69) is 29.4 Å². The van der Waals surface area contributed by atoms with Crippen molar-refractivity contribution in [1.29, 1.82) is 0 Å². The molecule has 0 aromatic rings. The summed E-state index contributed by atoms with van der Waals surface area (Å²) in [6.45, 7) is 9.99. The van der Waals surface area contributed by atoms with Crippen LogP contribution < -0.4 is 10.6 Å². The maximum absolute atomic E-state index is 10.4. The fourth-order valence-corrected chi connectivity index (χ4v) is 5.91. The van der Waals surface area contributed by atoms with Gasteiger partial charge in [-0.2, -0.15) is 0 Å². The van der Waals surface area contributed by atoms with Crippen molar-refractivity contribution >= 4 is 0 Å². The van der Waals surface area contributed by atoms with E-state index in [4.69, 9.17) is 0 Å². The van der Waals surface area contributed by atoms with Gasteiger partial charge in [0.25, 0.3) is 0 Å². The number of nitrogens with one attached hydrogen (secondary N) is 2. The van der Waals surface area contributed by atoms with Crippen LogP contribution in [0.5, 0.6) is 0 Å². The molecule has 7 atom stereocenters. The van der Waals surface area contributed by atoms with Gasteiger partial charge in [0, 0.05) is 32.8 Å². The number of nitrogens with zero attached hydrogens (tertiary/aromatic N) is 1. The molecule has 4 N–H and O–H groups in total. The number of aliphatic hydroxyl groups excluding tert-OH is 2. The van der Waals surface area contributed by atoms with Crippen LogP contribution in [-0.2, 0) is 0 Å². The Labute approximate surface area is 159 Å². The number of piperidine rings is 2. The Morgan fingerprint density at radius 3 is 2.73 bits per heavy atom. The van der Waals surface area contributed by atoms with E-state index >= 15 is 0 Å². The number of hydrogen-bond acceptors (Lipinski definition) is 5. The summed E-state index contributed by atoms with van der Waals surface area (Å²) in [5.74, 6) is 2.91. The van der Waals surface area contributed by atoms with Gasteiger partial charge in [-0.15, -0.1) is 0 Å². The number of aliphatic hydroxyl groups is 2. The van der Waals surface area contributed by atoms with E-state index in [1.807, 2.05) is 0 Å². The predicted octanol–water partition coefficient (Wildman–Crippen LogP) is 1.65. The van der Waals surface area contributed by atoms with Crippen molar-refractivity contribution in [2.75, 3.05) is 39.3 Å². The highest BCUT2D eigenvalue weighted by molar-refractivity contribution is 4.97. The first-order valence-electron chi connectivity index (χ1n) is 11.1. The van der Waals surface area contributed by atoms with Gasteiger partial charge in [-0.3, -0.25) is 0 Å². The zero-order chi connectivity index (χ0) is 18.5. The van der Waals surface area contributed by atoms with E-state index in [1.54, 1.807) is 0 Å². The molecule has 3 rings (SSSR count). The molecular formula is C21H41N3O2. The van der Waals surface area contributed by atoms with E-state index in [0.717, 1.165) is 70.2 Å². The molecular weight excluding hydrogens is 326 g/mol. The Kier molecular flexibility index (Phi) is 7.76. The fourth-order valence-electron chi connectivity index (χ4n) is 5.91. The maximum atomic E-state index is 10.4. The quantitative estimate of drug-likeness (QED) is 0.525. The van der Waals surface area contributed by atoms with E-state index in [9.17, 15) is 10.2 Å². The van der Waals surface area contributed by atoms with Gasteiger partial charge in [0.1, 0.15) is 0 Å². The normalized spacial score (nSPS) is 38.1. The van der Waals surface area contributed by atoms with Gasteiger partial charge in [0.05, 0.1) is 12.3 Å². The minimum atomic E-state index is -0.192. The van der Waals surface area contributed by atoms with E-state index in [0.29, 0.717) is 30.5 Å². The molecule has 3 fully saturated rings. The minimum absolute atomic E-state index is 0.192. The second-order valence-electron chi connectivity index (χ2n) is 9.10. The molecule has 3 heterocycles. The Hall–Kier alpha value is -0.200. The topological polar surface area (TPSA) is 67.8 Å². The first-order valence-corrected chi connectivity index (χ1v) is 11.1. The van der Waals surface area contributed by atoms with Gasteiger partial charge in [0.2, 0.25) is 0 Å². The van der Waals surface area contributed by atoms with Crippen molar-refractivity contribution in [2.24, 2.45) is 29.6 Å². The lowest BCUT2D eigenvalue weighted by Crippen LogP contribution is -2.49. The number of rotatable bonds is 8. The SMILES string of the molecule is CCCC(CN1CC(C2CNC3NCCCC32)C[C@@H](CO)C1)C(O)CC. The summed E-state index contributed by atoms with van der Waals surface area (Å²) in [6, 6.07) is 0. The molecule has 6 unspecified atom stereocenters. The van der Waals surface area contributed by atoms with Gasteiger partial charge in [-0.1, -0.05) is 20.3 Å². The first-order chi connectivity index (χ1) is 12.7.